The Bertz CT molecular complexity index is 349. The van der Waals surface area contributed by atoms with E-state index >= 15 is 0 Å². The molecular formula is C9H17NO5S. The van der Waals surface area contributed by atoms with Crippen molar-refractivity contribution in [2.24, 2.45) is 0 Å². The molecule has 1 atom stereocenters. The van der Waals surface area contributed by atoms with Gasteiger partial charge in [-0.05, 0) is 6.42 Å². The summed E-state index contributed by atoms with van der Waals surface area (Å²) in [7, 11) is -2.20. The van der Waals surface area contributed by atoms with Gasteiger partial charge >= 0.3 is 5.97 Å². The van der Waals surface area contributed by atoms with Crippen molar-refractivity contribution >= 4 is 21.7 Å². The molecule has 0 fully saturated rings. The minimum absolute atomic E-state index is 0.0138. The van der Waals surface area contributed by atoms with Gasteiger partial charge in [-0.3, -0.25) is 4.79 Å². The van der Waals surface area contributed by atoms with Crippen LogP contribution in [0.4, 0.5) is 0 Å². The highest BCUT2D eigenvalue weighted by molar-refractivity contribution is 7.91. The van der Waals surface area contributed by atoms with Gasteiger partial charge in [-0.2, -0.15) is 0 Å². The summed E-state index contributed by atoms with van der Waals surface area (Å²) in [6.07, 6.45) is 0.469. The molecule has 0 saturated carbocycles. The van der Waals surface area contributed by atoms with Crippen molar-refractivity contribution < 1.29 is 22.7 Å². The Morgan fingerprint density at radius 3 is 2.31 bits per heavy atom. The molecule has 0 aromatic rings. The minimum Gasteiger partial charge on any atom is -0.467 e. The normalized spacial score (nSPS) is 12.9. The average Bonchev–Trinajstić information content (AvgIpc) is 2.14. The molecule has 0 rings (SSSR count). The molecule has 1 unspecified atom stereocenters. The Balaban J connectivity index is 4.66. The van der Waals surface area contributed by atoms with Crippen molar-refractivity contribution in [1.29, 1.82) is 0 Å². The van der Waals surface area contributed by atoms with Crippen LogP contribution in [0.15, 0.2) is 0 Å². The number of esters is 1. The van der Waals surface area contributed by atoms with Gasteiger partial charge in [0, 0.05) is 12.7 Å². The Kier molecular flexibility index (Phi) is 6.02. The molecule has 0 aliphatic heterocycles. The minimum atomic E-state index is -3.35. The number of sulfone groups is 1. The van der Waals surface area contributed by atoms with Crippen LogP contribution in [0.5, 0.6) is 0 Å². The van der Waals surface area contributed by atoms with Gasteiger partial charge in [0.25, 0.3) is 0 Å². The highest BCUT2D eigenvalue weighted by atomic mass is 32.2. The zero-order valence-corrected chi connectivity index (χ0v) is 10.5. The maximum absolute atomic E-state index is 11.5. The molecule has 0 aromatic carbocycles. The topological polar surface area (TPSA) is 89.5 Å². The van der Waals surface area contributed by atoms with E-state index in [1.54, 1.807) is 6.92 Å². The second-order valence-electron chi connectivity index (χ2n) is 3.39. The van der Waals surface area contributed by atoms with Crippen LogP contribution in [-0.4, -0.2) is 45.0 Å². The van der Waals surface area contributed by atoms with Gasteiger partial charge in [0.05, 0.1) is 12.9 Å². The lowest BCUT2D eigenvalue weighted by molar-refractivity contribution is -0.144. The Morgan fingerprint density at radius 2 is 1.94 bits per heavy atom. The first-order chi connectivity index (χ1) is 7.32. The number of nitrogens with one attached hydrogen (secondary N) is 1. The average molecular weight is 251 g/mol. The van der Waals surface area contributed by atoms with E-state index in [0.717, 1.165) is 7.11 Å². The molecule has 0 bridgehead atoms. The highest BCUT2D eigenvalue weighted by Crippen LogP contribution is 1.99. The zero-order valence-electron chi connectivity index (χ0n) is 9.65. The van der Waals surface area contributed by atoms with E-state index in [2.05, 4.69) is 10.1 Å². The predicted molar refractivity (Wildman–Crippen MR) is 58.6 cm³/mol. The number of carbonyl (C=O) groups excluding carboxylic acids is 2. The van der Waals surface area contributed by atoms with E-state index in [1.165, 1.54) is 6.92 Å². The van der Waals surface area contributed by atoms with Crippen LogP contribution in [0.3, 0.4) is 0 Å². The molecule has 16 heavy (non-hydrogen) atoms. The smallest absolute Gasteiger partial charge is 0.329 e. The molecule has 0 aromatic heterocycles. The maximum atomic E-state index is 11.5. The van der Waals surface area contributed by atoms with Crippen molar-refractivity contribution in [3.8, 4) is 0 Å². The van der Waals surface area contributed by atoms with Crippen LogP contribution in [0, 0.1) is 0 Å². The van der Waals surface area contributed by atoms with Crippen molar-refractivity contribution in [2.45, 2.75) is 26.3 Å². The Labute approximate surface area is 95.3 Å². The third-order valence-electron chi connectivity index (χ3n) is 1.80. The van der Waals surface area contributed by atoms with E-state index in [-0.39, 0.29) is 5.75 Å². The summed E-state index contributed by atoms with van der Waals surface area (Å²) in [5.74, 6) is -1.66. The van der Waals surface area contributed by atoms with Crippen LogP contribution < -0.4 is 5.32 Å². The molecule has 0 radical (unpaired) electrons. The van der Waals surface area contributed by atoms with Crippen molar-refractivity contribution in [1.82, 2.24) is 5.32 Å². The fourth-order valence-electron chi connectivity index (χ4n) is 1.20. The van der Waals surface area contributed by atoms with Crippen LogP contribution in [-0.2, 0) is 24.2 Å². The number of ether oxygens (including phenoxy) is 1. The molecule has 1 amide bonds. The molecule has 1 N–H and O–H groups in total. The van der Waals surface area contributed by atoms with Gasteiger partial charge in [0.15, 0.2) is 9.84 Å². The first kappa shape index (κ1) is 14.9. The van der Waals surface area contributed by atoms with Crippen LogP contribution in [0.1, 0.15) is 20.3 Å². The number of methoxy groups -OCH3 is 1. The first-order valence-electron chi connectivity index (χ1n) is 4.87. The summed E-state index contributed by atoms with van der Waals surface area (Å²) in [5, 5.41) is 2.25. The predicted octanol–water partition coefficient (Wildman–Crippen LogP) is -0.511. The van der Waals surface area contributed by atoms with Crippen molar-refractivity contribution in [3.63, 3.8) is 0 Å². The summed E-state index contributed by atoms with van der Waals surface area (Å²) in [6.45, 7) is 2.94. The molecule has 7 heteroatoms. The third kappa shape index (κ3) is 5.69. The number of hydrogen-bond donors (Lipinski definition) is 1. The van der Waals surface area contributed by atoms with Gasteiger partial charge in [0.1, 0.15) is 6.04 Å². The van der Waals surface area contributed by atoms with Crippen LogP contribution >= 0.6 is 0 Å². The van der Waals surface area contributed by atoms with E-state index in [0.29, 0.717) is 6.42 Å². The zero-order chi connectivity index (χ0) is 12.8. The standard InChI is InChI=1S/C9H17NO5S/c1-4-5-16(13,14)6-8(9(12)15-3)10-7(2)11/h8H,4-6H2,1-3H3,(H,10,11). The van der Waals surface area contributed by atoms with Gasteiger partial charge in [-0.1, -0.05) is 6.92 Å². The lowest BCUT2D eigenvalue weighted by Crippen LogP contribution is -2.45. The van der Waals surface area contributed by atoms with Crippen LogP contribution in [0.25, 0.3) is 0 Å². The molecule has 0 saturated heterocycles. The molecule has 94 valence electrons. The lowest BCUT2D eigenvalue weighted by Gasteiger charge is -2.15. The molecule has 0 spiro atoms. The number of hydrogen-bond acceptors (Lipinski definition) is 5. The fourth-order valence-corrected chi connectivity index (χ4v) is 2.72. The van der Waals surface area contributed by atoms with Gasteiger partial charge in [-0.15, -0.1) is 0 Å². The van der Waals surface area contributed by atoms with Crippen LogP contribution in [0.2, 0.25) is 0 Å². The number of carbonyl (C=O) groups is 2. The SMILES string of the molecule is CCCS(=O)(=O)CC(NC(C)=O)C(=O)OC. The maximum Gasteiger partial charge on any atom is 0.329 e. The summed E-state index contributed by atoms with van der Waals surface area (Å²) in [6, 6.07) is -1.13. The van der Waals surface area contributed by atoms with E-state index in [4.69, 9.17) is 0 Å². The lowest BCUT2D eigenvalue weighted by atomic mass is 10.3. The number of rotatable bonds is 6. The molecule has 0 heterocycles. The third-order valence-corrected chi connectivity index (χ3v) is 3.67. The Hall–Kier alpha value is -1.11. The van der Waals surface area contributed by atoms with Gasteiger partial charge < -0.3 is 10.1 Å². The molecule has 0 aliphatic carbocycles. The summed E-state index contributed by atoms with van der Waals surface area (Å²) < 4.78 is 27.4. The second-order valence-corrected chi connectivity index (χ2v) is 5.62. The summed E-state index contributed by atoms with van der Waals surface area (Å²) >= 11 is 0. The molecular weight excluding hydrogens is 234 g/mol. The molecule has 0 aliphatic rings. The van der Waals surface area contributed by atoms with Crippen molar-refractivity contribution in [2.75, 3.05) is 18.6 Å². The Morgan fingerprint density at radius 1 is 1.38 bits per heavy atom. The monoisotopic (exact) mass is 251 g/mol. The summed E-state index contributed by atoms with van der Waals surface area (Å²) in [5.41, 5.74) is 0. The quantitative estimate of drug-likeness (QED) is 0.642. The second kappa shape index (κ2) is 6.47. The molecule has 6 nitrogen and oxygen atoms in total. The van der Waals surface area contributed by atoms with Crippen molar-refractivity contribution in [3.05, 3.63) is 0 Å². The van der Waals surface area contributed by atoms with Gasteiger partial charge in [0.2, 0.25) is 5.91 Å². The summed E-state index contributed by atoms with van der Waals surface area (Å²) in [4.78, 5) is 22.0. The van der Waals surface area contributed by atoms with E-state index < -0.39 is 33.5 Å². The fraction of sp³-hybridized carbons (Fsp3) is 0.778. The first-order valence-corrected chi connectivity index (χ1v) is 6.70. The number of amides is 1. The highest BCUT2D eigenvalue weighted by Gasteiger charge is 2.26. The van der Waals surface area contributed by atoms with E-state index in [1.807, 2.05) is 0 Å². The van der Waals surface area contributed by atoms with Gasteiger partial charge in [-0.25, -0.2) is 13.2 Å². The largest absolute Gasteiger partial charge is 0.467 e. The van der Waals surface area contributed by atoms with E-state index in [9.17, 15) is 18.0 Å².